The van der Waals surface area contributed by atoms with Gasteiger partial charge in [0, 0.05) is 28.8 Å². The van der Waals surface area contributed by atoms with E-state index >= 15 is 0 Å². The fourth-order valence-corrected chi connectivity index (χ4v) is 3.72. The van der Waals surface area contributed by atoms with Crippen LogP contribution in [0.2, 0.25) is 0 Å². The minimum absolute atomic E-state index is 0.0984. The third-order valence-electron chi connectivity index (χ3n) is 4.20. The van der Waals surface area contributed by atoms with Crippen molar-refractivity contribution in [3.8, 4) is 11.5 Å². The molecule has 0 aliphatic carbocycles. The highest BCUT2D eigenvalue weighted by Gasteiger charge is 2.15. The summed E-state index contributed by atoms with van der Waals surface area (Å²) in [5.41, 5.74) is 1.72. The number of hydrogen-bond donors (Lipinski definition) is 2. The summed E-state index contributed by atoms with van der Waals surface area (Å²) in [5, 5.41) is 4.01. The minimum Gasteiger partial charge on any atom is -0.497 e. The van der Waals surface area contributed by atoms with E-state index in [-0.39, 0.29) is 11.6 Å². The topological polar surface area (TPSA) is 76.2 Å². The van der Waals surface area contributed by atoms with Gasteiger partial charge in [-0.1, -0.05) is 0 Å². The zero-order chi connectivity index (χ0) is 18.1. The van der Waals surface area contributed by atoms with Crippen LogP contribution >= 0.6 is 11.3 Å². The number of nitrogens with one attached hydrogen (secondary N) is 2. The summed E-state index contributed by atoms with van der Waals surface area (Å²) in [6.07, 6.45) is 0. The van der Waals surface area contributed by atoms with Gasteiger partial charge >= 0.3 is 0 Å². The van der Waals surface area contributed by atoms with Crippen LogP contribution < -0.4 is 20.3 Å². The van der Waals surface area contributed by atoms with Crippen molar-refractivity contribution in [1.29, 1.82) is 0 Å². The standard InChI is InChI=1S/C18H21N3O3S/c1-9-11(3)25-18-15(9)17(22)20-16(21-18)10(2)19-12-6-13(23-4)8-14(7-12)24-5/h6-8,10,19H,1-5H3,(H,20,21,22)/t10-/m1/s1. The Morgan fingerprint density at radius 3 is 2.40 bits per heavy atom. The Balaban J connectivity index is 1.95. The number of anilines is 1. The third kappa shape index (κ3) is 3.32. The average molecular weight is 359 g/mol. The maximum Gasteiger partial charge on any atom is 0.259 e. The smallest absolute Gasteiger partial charge is 0.259 e. The van der Waals surface area contributed by atoms with Crippen molar-refractivity contribution in [2.75, 3.05) is 19.5 Å². The lowest BCUT2D eigenvalue weighted by Crippen LogP contribution is -2.17. The molecule has 0 aliphatic heterocycles. The lowest BCUT2D eigenvalue weighted by Gasteiger charge is -2.16. The second-order valence-electron chi connectivity index (χ2n) is 5.88. The quantitative estimate of drug-likeness (QED) is 0.725. The predicted molar refractivity (Wildman–Crippen MR) is 101 cm³/mol. The highest BCUT2D eigenvalue weighted by Crippen LogP contribution is 2.29. The fraction of sp³-hybridized carbons (Fsp3) is 0.333. The number of thiophene rings is 1. The molecule has 0 fully saturated rings. The number of rotatable bonds is 5. The summed E-state index contributed by atoms with van der Waals surface area (Å²) in [5.74, 6) is 1.98. The molecule has 1 atom stereocenters. The molecule has 2 N–H and O–H groups in total. The van der Waals surface area contributed by atoms with E-state index in [0.29, 0.717) is 22.7 Å². The van der Waals surface area contributed by atoms with Crippen molar-refractivity contribution >= 4 is 27.2 Å². The number of fused-ring (bicyclic) bond motifs is 1. The Labute approximate surface area is 149 Å². The molecule has 0 saturated carbocycles. The first-order valence-corrected chi connectivity index (χ1v) is 8.74. The monoisotopic (exact) mass is 359 g/mol. The van der Waals surface area contributed by atoms with E-state index in [1.165, 1.54) is 0 Å². The molecule has 1 aromatic carbocycles. The van der Waals surface area contributed by atoms with Gasteiger partial charge in [-0.2, -0.15) is 0 Å². The summed E-state index contributed by atoms with van der Waals surface area (Å²) in [4.78, 5) is 21.9. The highest BCUT2D eigenvalue weighted by molar-refractivity contribution is 7.18. The molecule has 0 bridgehead atoms. The largest absolute Gasteiger partial charge is 0.497 e. The number of ether oxygens (including phenoxy) is 2. The Kier molecular flexibility index (Phi) is 4.67. The van der Waals surface area contributed by atoms with Crippen molar-refractivity contribution in [3.05, 3.63) is 44.8 Å². The molecule has 0 unspecified atom stereocenters. The molecule has 0 aliphatic rings. The van der Waals surface area contributed by atoms with E-state index in [9.17, 15) is 4.79 Å². The van der Waals surface area contributed by atoms with Gasteiger partial charge in [-0.25, -0.2) is 4.98 Å². The molecular formula is C18H21N3O3S. The molecule has 132 valence electrons. The number of benzene rings is 1. The summed E-state index contributed by atoms with van der Waals surface area (Å²) < 4.78 is 10.6. The van der Waals surface area contributed by atoms with Crippen LogP contribution in [0.3, 0.4) is 0 Å². The highest BCUT2D eigenvalue weighted by atomic mass is 32.1. The zero-order valence-electron chi connectivity index (χ0n) is 14.9. The number of methoxy groups -OCH3 is 2. The first-order valence-electron chi connectivity index (χ1n) is 7.92. The Bertz CT molecular complexity index is 955. The molecule has 0 radical (unpaired) electrons. The van der Waals surface area contributed by atoms with Crippen molar-refractivity contribution in [2.45, 2.75) is 26.8 Å². The number of aromatic amines is 1. The minimum atomic E-state index is -0.184. The molecule has 6 nitrogen and oxygen atoms in total. The molecule has 25 heavy (non-hydrogen) atoms. The van der Waals surface area contributed by atoms with Gasteiger partial charge in [-0.15, -0.1) is 11.3 Å². The molecule has 3 rings (SSSR count). The first kappa shape index (κ1) is 17.3. The summed E-state index contributed by atoms with van der Waals surface area (Å²) in [7, 11) is 3.22. The lowest BCUT2D eigenvalue weighted by atomic mass is 10.2. The van der Waals surface area contributed by atoms with Crippen LogP contribution in [0.1, 0.15) is 29.2 Å². The van der Waals surface area contributed by atoms with Crippen LogP contribution in [0, 0.1) is 13.8 Å². The number of aromatic nitrogens is 2. The number of nitrogens with zero attached hydrogens (tertiary/aromatic N) is 1. The van der Waals surface area contributed by atoms with Gasteiger partial charge in [-0.05, 0) is 26.3 Å². The van der Waals surface area contributed by atoms with Gasteiger partial charge in [0.2, 0.25) is 0 Å². The van der Waals surface area contributed by atoms with Crippen LogP contribution in [0.4, 0.5) is 5.69 Å². The van der Waals surface area contributed by atoms with E-state index in [2.05, 4.69) is 15.3 Å². The lowest BCUT2D eigenvalue weighted by molar-refractivity contribution is 0.394. The number of aryl methyl sites for hydroxylation is 2. The Morgan fingerprint density at radius 2 is 1.80 bits per heavy atom. The van der Waals surface area contributed by atoms with Crippen molar-refractivity contribution in [3.63, 3.8) is 0 Å². The summed E-state index contributed by atoms with van der Waals surface area (Å²) in [6.45, 7) is 5.91. The van der Waals surface area contributed by atoms with Gasteiger partial charge in [0.25, 0.3) is 5.56 Å². The maximum atomic E-state index is 12.4. The second-order valence-corrected chi connectivity index (χ2v) is 7.09. The molecule has 3 aromatic rings. The summed E-state index contributed by atoms with van der Waals surface area (Å²) >= 11 is 1.54. The first-order chi connectivity index (χ1) is 11.9. The van der Waals surface area contributed by atoms with Crippen LogP contribution in [-0.4, -0.2) is 24.2 Å². The summed E-state index contributed by atoms with van der Waals surface area (Å²) in [6, 6.07) is 5.36. The predicted octanol–water partition coefficient (Wildman–Crippen LogP) is 3.79. The molecule has 2 heterocycles. The van der Waals surface area contributed by atoms with E-state index in [1.54, 1.807) is 31.6 Å². The van der Waals surface area contributed by atoms with Gasteiger partial charge < -0.3 is 19.8 Å². The van der Waals surface area contributed by atoms with Gasteiger partial charge in [0.05, 0.1) is 25.6 Å². The molecule has 2 aromatic heterocycles. The van der Waals surface area contributed by atoms with Crippen LogP contribution in [0.5, 0.6) is 11.5 Å². The number of hydrogen-bond acceptors (Lipinski definition) is 6. The maximum absolute atomic E-state index is 12.4. The van der Waals surface area contributed by atoms with Gasteiger partial charge in [0.1, 0.15) is 22.2 Å². The third-order valence-corrected chi connectivity index (χ3v) is 5.30. The Hall–Kier alpha value is -2.54. The van der Waals surface area contributed by atoms with E-state index in [0.717, 1.165) is 21.0 Å². The van der Waals surface area contributed by atoms with Crippen LogP contribution in [-0.2, 0) is 0 Å². The second kappa shape index (κ2) is 6.76. The van der Waals surface area contributed by atoms with E-state index in [4.69, 9.17) is 9.47 Å². The number of H-pyrrole nitrogens is 1. The molecule has 0 spiro atoms. The van der Waals surface area contributed by atoms with Crippen molar-refractivity contribution in [1.82, 2.24) is 9.97 Å². The van der Waals surface area contributed by atoms with E-state index in [1.807, 2.05) is 32.9 Å². The normalized spacial score (nSPS) is 12.2. The van der Waals surface area contributed by atoms with Gasteiger partial charge in [-0.3, -0.25) is 4.79 Å². The molecule has 0 amide bonds. The van der Waals surface area contributed by atoms with Crippen LogP contribution in [0.15, 0.2) is 23.0 Å². The van der Waals surface area contributed by atoms with Crippen LogP contribution in [0.25, 0.3) is 10.2 Å². The van der Waals surface area contributed by atoms with Crippen molar-refractivity contribution in [2.24, 2.45) is 0 Å². The Morgan fingerprint density at radius 1 is 1.16 bits per heavy atom. The van der Waals surface area contributed by atoms with Gasteiger partial charge in [0.15, 0.2) is 0 Å². The van der Waals surface area contributed by atoms with Crippen molar-refractivity contribution < 1.29 is 9.47 Å². The average Bonchev–Trinajstić information content (AvgIpc) is 2.89. The molecule has 0 saturated heterocycles. The SMILES string of the molecule is COc1cc(N[C@H](C)c2nc3sc(C)c(C)c3c(=O)[nH]2)cc(OC)c1. The fourth-order valence-electron chi connectivity index (χ4n) is 2.69. The molecular weight excluding hydrogens is 338 g/mol. The molecule has 7 heteroatoms. The van der Waals surface area contributed by atoms with E-state index < -0.39 is 0 Å². The zero-order valence-corrected chi connectivity index (χ0v) is 15.7.